The molecular formula is C28H35N3O5S. The summed E-state index contributed by atoms with van der Waals surface area (Å²) in [6.45, 7) is 5.79. The number of rotatable bonds is 11. The first-order valence-corrected chi connectivity index (χ1v) is 13.6. The average Bonchev–Trinajstić information content (AvgIpc) is 2.89. The van der Waals surface area contributed by atoms with Crippen molar-refractivity contribution < 1.29 is 22.7 Å². The van der Waals surface area contributed by atoms with Gasteiger partial charge in [-0.15, -0.1) is 0 Å². The molecule has 0 saturated heterocycles. The van der Waals surface area contributed by atoms with Gasteiger partial charge in [-0.1, -0.05) is 56.3 Å². The standard InChI is InChI=1S/C28H35N3O5S/c1-20(2)17-29-28(33)21(3)31(18-22-9-8-12-25(15-22)36-5)27(32)19-30(4)37(34,35)26-14-13-23-10-6-7-11-24(23)16-26/h6-16,20-21H,17-19H2,1-5H3,(H,29,33). The predicted octanol–water partition coefficient (Wildman–Crippen LogP) is 3.66. The number of nitrogens with one attached hydrogen (secondary N) is 1. The van der Waals surface area contributed by atoms with Gasteiger partial charge in [-0.3, -0.25) is 9.59 Å². The molecule has 0 bridgehead atoms. The van der Waals surface area contributed by atoms with Gasteiger partial charge in [-0.2, -0.15) is 4.31 Å². The molecule has 198 valence electrons. The fraction of sp³-hybridized carbons (Fsp3) is 0.357. The Hall–Kier alpha value is -3.43. The van der Waals surface area contributed by atoms with Crippen molar-refractivity contribution in [3.8, 4) is 5.75 Å². The Labute approximate surface area is 219 Å². The van der Waals surface area contributed by atoms with E-state index < -0.39 is 28.5 Å². The minimum Gasteiger partial charge on any atom is -0.497 e. The van der Waals surface area contributed by atoms with Gasteiger partial charge in [-0.25, -0.2) is 8.42 Å². The molecule has 8 nitrogen and oxygen atoms in total. The van der Waals surface area contributed by atoms with E-state index in [0.29, 0.717) is 12.3 Å². The van der Waals surface area contributed by atoms with E-state index in [4.69, 9.17) is 4.74 Å². The van der Waals surface area contributed by atoms with Gasteiger partial charge in [0.2, 0.25) is 21.8 Å². The van der Waals surface area contributed by atoms with Crippen molar-refractivity contribution in [2.45, 2.75) is 38.3 Å². The molecule has 9 heteroatoms. The van der Waals surface area contributed by atoms with E-state index >= 15 is 0 Å². The van der Waals surface area contributed by atoms with Crippen molar-refractivity contribution in [3.63, 3.8) is 0 Å². The van der Waals surface area contributed by atoms with Crippen LogP contribution in [-0.4, -0.2) is 62.7 Å². The fourth-order valence-electron chi connectivity index (χ4n) is 3.88. The van der Waals surface area contributed by atoms with E-state index in [-0.39, 0.29) is 23.3 Å². The molecule has 1 unspecified atom stereocenters. The third-order valence-corrected chi connectivity index (χ3v) is 7.93. The van der Waals surface area contributed by atoms with E-state index in [0.717, 1.165) is 20.6 Å². The number of carbonyl (C=O) groups excluding carboxylic acids is 2. The lowest BCUT2D eigenvalue weighted by atomic mass is 10.1. The molecule has 0 saturated carbocycles. The van der Waals surface area contributed by atoms with E-state index in [1.165, 1.54) is 18.0 Å². The molecule has 2 amide bonds. The molecule has 0 aliphatic carbocycles. The number of methoxy groups -OCH3 is 1. The maximum Gasteiger partial charge on any atom is 0.243 e. The van der Waals surface area contributed by atoms with Gasteiger partial charge in [0, 0.05) is 20.1 Å². The Morgan fingerprint density at radius 1 is 0.946 bits per heavy atom. The van der Waals surface area contributed by atoms with Crippen LogP contribution in [0.4, 0.5) is 0 Å². The second-order valence-corrected chi connectivity index (χ2v) is 11.5. The maximum atomic E-state index is 13.5. The van der Waals surface area contributed by atoms with Crippen molar-refractivity contribution in [2.24, 2.45) is 5.92 Å². The molecule has 3 rings (SSSR count). The molecule has 0 aliphatic heterocycles. The summed E-state index contributed by atoms with van der Waals surface area (Å²) in [4.78, 5) is 27.9. The summed E-state index contributed by atoms with van der Waals surface area (Å²) in [6.07, 6.45) is 0. The number of benzene rings is 3. The molecule has 37 heavy (non-hydrogen) atoms. The Morgan fingerprint density at radius 2 is 1.65 bits per heavy atom. The van der Waals surface area contributed by atoms with Gasteiger partial charge in [0.05, 0.1) is 18.6 Å². The molecule has 0 fully saturated rings. The minimum atomic E-state index is -3.94. The predicted molar refractivity (Wildman–Crippen MR) is 145 cm³/mol. The van der Waals surface area contributed by atoms with E-state index in [1.807, 2.05) is 44.2 Å². The smallest absolute Gasteiger partial charge is 0.243 e. The molecule has 0 aromatic heterocycles. The second-order valence-electron chi connectivity index (χ2n) is 9.46. The van der Waals surface area contributed by atoms with Crippen LogP contribution in [0.3, 0.4) is 0 Å². The second kappa shape index (κ2) is 12.2. The van der Waals surface area contributed by atoms with Gasteiger partial charge in [0.1, 0.15) is 11.8 Å². The van der Waals surface area contributed by atoms with E-state index in [1.54, 1.807) is 44.4 Å². The Balaban J connectivity index is 1.84. The highest BCUT2D eigenvalue weighted by molar-refractivity contribution is 7.89. The first-order valence-electron chi connectivity index (χ1n) is 12.2. The molecule has 1 atom stereocenters. The van der Waals surface area contributed by atoms with Crippen LogP contribution in [0.1, 0.15) is 26.3 Å². The summed E-state index contributed by atoms with van der Waals surface area (Å²) in [5.74, 6) is 0.0848. The van der Waals surface area contributed by atoms with Crippen LogP contribution in [0.15, 0.2) is 71.6 Å². The Bertz CT molecular complexity index is 1360. The molecule has 3 aromatic carbocycles. The fourth-order valence-corrected chi connectivity index (χ4v) is 5.03. The summed E-state index contributed by atoms with van der Waals surface area (Å²) >= 11 is 0. The van der Waals surface area contributed by atoms with E-state index in [9.17, 15) is 18.0 Å². The maximum absolute atomic E-state index is 13.5. The van der Waals surface area contributed by atoms with Crippen LogP contribution >= 0.6 is 0 Å². The number of carbonyl (C=O) groups is 2. The number of sulfonamides is 1. The zero-order valence-electron chi connectivity index (χ0n) is 22.0. The third kappa shape index (κ3) is 7.08. The number of amides is 2. The first kappa shape index (κ1) is 28.1. The molecular weight excluding hydrogens is 490 g/mol. The van der Waals surface area contributed by atoms with Gasteiger partial charge in [0.15, 0.2) is 0 Å². The molecule has 0 spiro atoms. The number of fused-ring (bicyclic) bond motifs is 1. The molecule has 3 aromatic rings. The average molecular weight is 526 g/mol. The highest BCUT2D eigenvalue weighted by atomic mass is 32.2. The Kier molecular flexibility index (Phi) is 9.29. The molecule has 1 N–H and O–H groups in total. The van der Waals surface area contributed by atoms with Crippen LogP contribution < -0.4 is 10.1 Å². The summed E-state index contributed by atoms with van der Waals surface area (Å²) in [6, 6.07) is 18.7. The van der Waals surface area contributed by atoms with Crippen molar-refractivity contribution >= 4 is 32.6 Å². The van der Waals surface area contributed by atoms with Crippen LogP contribution in [-0.2, 0) is 26.2 Å². The third-order valence-electron chi connectivity index (χ3n) is 6.13. The first-order chi connectivity index (χ1) is 17.5. The lowest BCUT2D eigenvalue weighted by Gasteiger charge is -2.30. The quantitative estimate of drug-likeness (QED) is 0.412. The van der Waals surface area contributed by atoms with Crippen molar-refractivity contribution in [1.29, 1.82) is 0 Å². The zero-order valence-corrected chi connectivity index (χ0v) is 22.8. The van der Waals surface area contributed by atoms with Crippen molar-refractivity contribution in [1.82, 2.24) is 14.5 Å². The number of ether oxygens (including phenoxy) is 1. The van der Waals surface area contributed by atoms with Crippen LogP contribution in [0.25, 0.3) is 10.8 Å². The summed E-state index contributed by atoms with van der Waals surface area (Å²) in [5, 5.41) is 4.57. The van der Waals surface area contributed by atoms with Crippen molar-refractivity contribution in [3.05, 3.63) is 72.3 Å². The zero-order chi connectivity index (χ0) is 27.2. The lowest BCUT2D eigenvalue weighted by molar-refractivity contribution is -0.140. The van der Waals surface area contributed by atoms with Crippen LogP contribution in [0.2, 0.25) is 0 Å². The van der Waals surface area contributed by atoms with Gasteiger partial charge in [0.25, 0.3) is 0 Å². The number of hydrogen-bond acceptors (Lipinski definition) is 5. The topological polar surface area (TPSA) is 96.0 Å². The highest BCUT2D eigenvalue weighted by Crippen LogP contribution is 2.22. The summed E-state index contributed by atoms with van der Waals surface area (Å²) in [5.41, 5.74) is 0.760. The largest absolute Gasteiger partial charge is 0.497 e. The number of likely N-dealkylation sites (N-methyl/N-ethyl adjacent to an activating group) is 1. The molecule has 0 heterocycles. The lowest BCUT2D eigenvalue weighted by Crippen LogP contribution is -2.51. The SMILES string of the molecule is COc1cccc(CN(C(=O)CN(C)S(=O)(=O)c2ccc3ccccc3c2)C(C)C(=O)NCC(C)C)c1. The molecule has 0 radical (unpaired) electrons. The monoisotopic (exact) mass is 525 g/mol. The number of hydrogen-bond donors (Lipinski definition) is 1. The molecule has 0 aliphatic rings. The van der Waals surface area contributed by atoms with E-state index in [2.05, 4.69) is 5.32 Å². The highest BCUT2D eigenvalue weighted by Gasteiger charge is 2.30. The van der Waals surface area contributed by atoms with Gasteiger partial charge < -0.3 is 15.0 Å². The van der Waals surface area contributed by atoms with Gasteiger partial charge in [-0.05, 0) is 53.4 Å². The summed E-state index contributed by atoms with van der Waals surface area (Å²) in [7, 11) is -1.02. The van der Waals surface area contributed by atoms with Crippen LogP contribution in [0, 0.1) is 5.92 Å². The number of nitrogens with zero attached hydrogens (tertiary/aromatic N) is 2. The van der Waals surface area contributed by atoms with Crippen molar-refractivity contribution in [2.75, 3.05) is 27.2 Å². The normalized spacial score (nSPS) is 12.5. The minimum absolute atomic E-state index is 0.101. The van der Waals surface area contributed by atoms with Gasteiger partial charge >= 0.3 is 0 Å². The summed E-state index contributed by atoms with van der Waals surface area (Å²) < 4.78 is 32.9. The Morgan fingerprint density at radius 3 is 2.32 bits per heavy atom. The van der Waals surface area contributed by atoms with Crippen LogP contribution in [0.5, 0.6) is 5.75 Å².